The zero-order valence-electron chi connectivity index (χ0n) is 19.7. The summed E-state index contributed by atoms with van der Waals surface area (Å²) < 4.78 is 0. The Balaban J connectivity index is 1.29. The molecule has 7 nitrogen and oxygen atoms in total. The van der Waals surface area contributed by atoms with Crippen LogP contribution in [0.5, 0.6) is 0 Å². The largest absolute Gasteiger partial charge is 0.369 e. The Morgan fingerprint density at radius 2 is 1.84 bits per heavy atom. The average Bonchev–Trinajstić information content (AvgIpc) is 2.84. The highest BCUT2D eigenvalue weighted by Gasteiger charge is 2.26. The molecule has 1 N–H and O–H groups in total. The molecular formula is C25H36N6O. The van der Waals surface area contributed by atoms with E-state index in [2.05, 4.69) is 70.2 Å². The summed E-state index contributed by atoms with van der Waals surface area (Å²) in [5.74, 6) is 0.929. The molecule has 1 aromatic carbocycles. The number of hydrogen-bond acceptors (Lipinski definition) is 6. The van der Waals surface area contributed by atoms with E-state index in [1.807, 2.05) is 6.20 Å². The Hall–Kier alpha value is -2.67. The number of hydrogen-bond donors (Lipinski definition) is 1. The van der Waals surface area contributed by atoms with Crippen molar-refractivity contribution in [3.05, 3.63) is 47.3 Å². The maximum Gasteiger partial charge on any atom is 0.225 e. The highest BCUT2D eigenvalue weighted by molar-refractivity contribution is 5.79. The Morgan fingerprint density at radius 3 is 2.53 bits per heavy atom. The van der Waals surface area contributed by atoms with Crippen molar-refractivity contribution in [3.63, 3.8) is 0 Å². The van der Waals surface area contributed by atoms with Crippen LogP contribution in [0.15, 0.2) is 30.5 Å². The number of aromatic nitrogens is 2. The molecule has 1 amide bonds. The molecule has 0 radical (unpaired) electrons. The third kappa shape index (κ3) is 5.21. The summed E-state index contributed by atoms with van der Waals surface area (Å²) in [6.07, 6.45) is 4.33. The van der Waals surface area contributed by atoms with Crippen molar-refractivity contribution in [1.82, 2.24) is 20.2 Å². The molecule has 0 saturated carbocycles. The van der Waals surface area contributed by atoms with Gasteiger partial charge in [-0.3, -0.25) is 4.79 Å². The zero-order chi connectivity index (χ0) is 22.5. The lowest BCUT2D eigenvalue weighted by atomic mass is 9.86. The van der Waals surface area contributed by atoms with Gasteiger partial charge in [-0.25, -0.2) is 9.97 Å². The van der Waals surface area contributed by atoms with Gasteiger partial charge in [0.2, 0.25) is 11.9 Å². The van der Waals surface area contributed by atoms with Gasteiger partial charge in [0.1, 0.15) is 0 Å². The van der Waals surface area contributed by atoms with E-state index in [4.69, 9.17) is 4.98 Å². The monoisotopic (exact) mass is 436 g/mol. The predicted octanol–water partition coefficient (Wildman–Crippen LogP) is 2.50. The minimum atomic E-state index is -0.00461. The van der Waals surface area contributed by atoms with Gasteiger partial charge >= 0.3 is 0 Å². The molecule has 0 unspecified atom stereocenters. The lowest BCUT2D eigenvalue weighted by molar-refractivity contribution is -0.125. The van der Waals surface area contributed by atoms with Gasteiger partial charge in [0, 0.05) is 69.3 Å². The molecular weight excluding hydrogens is 400 g/mol. The van der Waals surface area contributed by atoms with E-state index in [1.54, 1.807) is 0 Å². The van der Waals surface area contributed by atoms with Crippen molar-refractivity contribution < 1.29 is 4.79 Å². The molecule has 7 heteroatoms. The van der Waals surface area contributed by atoms with Crippen LogP contribution in [0.2, 0.25) is 0 Å². The van der Waals surface area contributed by atoms with E-state index in [-0.39, 0.29) is 11.8 Å². The molecule has 172 valence electrons. The van der Waals surface area contributed by atoms with Gasteiger partial charge in [0.05, 0.1) is 0 Å². The molecule has 32 heavy (non-hydrogen) atoms. The van der Waals surface area contributed by atoms with Crippen molar-refractivity contribution in [2.45, 2.75) is 39.7 Å². The fraction of sp³-hybridized carbons (Fsp3) is 0.560. The first-order valence-electron chi connectivity index (χ1n) is 12.0. The standard InChI is InChI=1S/C25H36N6O/c1-4-30(5-2)25-27-18-21-16-20(8-11-23(21)28-25)24(32)26-17-19-6-9-22(10-7-19)31-14-12-29(3)13-15-31/h6-7,9-10,18,20H,4-5,8,11-17H2,1-3H3,(H,26,32)/t20-/m1/s1. The van der Waals surface area contributed by atoms with Crippen LogP contribution in [0.25, 0.3) is 0 Å². The molecule has 1 aromatic heterocycles. The molecule has 0 bridgehead atoms. The summed E-state index contributed by atoms with van der Waals surface area (Å²) >= 11 is 0. The third-order valence-corrected chi connectivity index (χ3v) is 6.83. The molecule has 1 saturated heterocycles. The fourth-order valence-corrected chi connectivity index (χ4v) is 4.60. The number of rotatable bonds is 7. The van der Waals surface area contributed by atoms with Crippen LogP contribution in [0.4, 0.5) is 11.6 Å². The molecule has 2 aromatic rings. The lowest BCUT2D eigenvalue weighted by Crippen LogP contribution is -2.44. The lowest BCUT2D eigenvalue weighted by Gasteiger charge is -2.34. The van der Waals surface area contributed by atoms with Crippen molar-refractivity contribution >= 4 is 17.5 Å². The summed E-state index contributed by atoms with van der Waals surface area (Å²) in [7, 11) is 2.17. The number of piperazine rings is 1. The van der Waals surface area contributed by atoms with Crippen LogP contribution in [0.3, 0.4) is 0 Å². The minimum Gasteiger partial charge on any atom is -0.369 e. The van der Waals surface area contributed by atoms with Gasteiger partial charge in [-0.05, 0) is 63.4 Å². The van der Waals surface area contributed by atoms with Crippen LogP contribution < -0.4 is 15.1 Å². The highest BCUT2D eigenvalue weighted by atomic mass is 16.1. The summed E-state index contributed by atoms with van der Waals surface area (Å²) in [5, 5.41) is 3.14. The van der Waals surface area contributed by atoms with Crippen molar-refractivity contribution in [2.75, 3.05) is 56.1 Å². The normalized spacial score (nSPS) is 18.8. The van der Waals surface area contributed by atoms with Crippen LogP contribution >= 0.6 is 0 Å². The quantitative estimate of drug-likeness (QED) is 0.720. The SMILES string of the molecule is CCN(CC)c1ncc2c(n1)CC[C@@H](C(=O)NCc1ccc(N3CCN(C)CC3)cc1)C2. The first-order valence-corrected chi connectivity index (χ1v) is 12.0. The van der Waals surface area contributed by atoms with Crippen molar-refractivity contribution in [3.8, 4) is 0 Å². The number of benzene rings is 1. The Kier molecular flexibility index (Phi) is 7.25. The number of carbonyl (C=O) groups excluding carboxylic acids is 1. The van der Waals surface area contributed by atoms with Gasteiger partial charge < -0.3 is 20.0 Å². The van der Waals surface area contributed by atoms with Gasteiger partial charge in [-0.1, -0.05) is 12.1 Å². The summed E-state index contributed by atoms with van der Waals surface area (Å²) in [6, 6.07) is 8.61. The number of nitrogens with one attached hydrogen (secondary N) is 1. The second kappa shape index (κ2) is 10.3. The zero-order valence-corrected chi connectivity index (χ0v) is 19.7. The average molecular weight is 437 g/mol. The number of aryl methyl sites for hydroxylation is 1. The molecule has 1 atom stereocenters. The second-order valence-electron chi connectivity index (χ2n) is 8.93. The molecule has 0 spiro atoms. The van der Waals surface area contributed by atoms with Crippen LogP contribution in [-0.2, 0) is 24.2 Å². The number of fused-ring (bicyclic) bond motifs is 1. The Morgan fingerprint density at radius 1 is 1.12 bits per heavy atom. The van der Waals surface area contributed by atoms with E-state index in [9.17, 15) is 4.79 Å². The number of anilines is 2. The number of likely N-dealkylation sites (N-methyl/N-ethyl adjacent to an activating group) is 1. The Bertz CT molecular complexity index is 903. The summed E-state index contributed by atoms with van der Waals surface area (Å²) in [4.78, 5) is 29.1. The van der Waals surface area contributed by atoms with Gasteiger partial charge in [-0.2, -0.15) is 0 Å². The second-order valence-corrected chi connectivity index (χ2v) is 8.93. The van der Waals surface area contributed by atoms with Gasteiger partial charge in [0.15, 0.2) is 0 Å². The number of nitrogens with zero attached hydrogens (tertiary/aromatic N) is 5. The van der Waals surface area contributed by atoms with E-state index >= 15 is 0 Å². The predicted molar refractivity (Wildman–Crippen MR) is 129 cm³/mol. The molecule has 1 fully saturated rings. The molecule has 1 aliphatic heterocycles. The van der Waals surface area contributed by atoms with E-state index in [0.717, 1.165) is 81.3 Å². The van der Waals surface area contributed by atoms with Crippen molar-refractivity contribution in [1.29, 1.82) is 0 Å². The molecule has 2 aliphatic rings. The fourth-order valence-electron chi connectivity index (χ4n) is 4.60. The molecule has 4 rings (SSSR count). The van der Waals surface area contributed by atoms with Crippen LogP contribution in [0, 0.1) is 5.92 Å². The molecule has 1 aliphatic carbocycles. The molecule has 2 heterocycles. The summed E-state index contributed by atoms with van der Waals surface area (Å²) in [5.41, 5.74) is 4.62. The van der Waals surface area contributed by atoms with E-state index in [0.29, 0.717) is 6.54 Å². The van der Waals surface area contributed by atoms with E-state index < -0.39 is 0 Å². The maximum atomic E-state index is 12.8. The first-order chi connectivity index (χ1) is 15.6. The van der Waals surface area contributed by atoms with Crippen LogP contribution in [0.1, 0.15) is 37.1 Å². The summed E-state index contributed by atoms with van der Waals surface area (Å²) in [6.45, 7) is 10.9. The number of carbonyl (C=O) groups is 1. The first kappa shape index (κ1) is 22.5. The van der Waals surface area contributed by atoms with Gasteiger partial charge in [-0.15, -0.1) is 0 Å². The maximum absolute atomic E-state index is 12.8. The van der Waals surface area contributed by atoms with Crippen LogP contribution in [-0.4, -0.2) is 67.1 Å². The topological polar surface area (TPSA) is 64.6 Å². The van der Waals surface area contributed by atoms with E-state index in [1.165, 1.54) is 5.69 Å². The third-order valence-electron chi connectivity index (χ3n) is 6.83. The minimum absolute atomic E-state index is 0.00461. The van der Waals surface area contributed by atoms with Crippen molar-refractivity contribution in [2.24, 2.45) is 5.92 Å². The number of amides is 1. The highest BCUT2D eigenvalue weighted by Crippen LogP contribution is 2.25. The van der Waals surface area contributed by atoms with Gasteiger partial charge in [0.25, 0.3) is 0 Å². The Labute approximate surface area is 191 Å². The smallest absolute Gasteiger partial charge is 0.225 e.